The van der Waals surface area contributed by atoms with Gasteiger partial charge in [-0.05, 0) is 42.9 Å². The lowest BCUT2D eigenvalue weighted by Gasteiger charge is -2.18. The molecule has 190 valence electrons. The summed E-state index contributed by atoms with van der Waals surface area (Å²) in [4.78, 5) is 28.6. The Kier molecular flexibility index (Phi) is 8.15. The lowest BCUT2D eigenvalue weighted by atomic mass is 9.88. The van der Waals surface area contributed by atoms with Crippen molar-refractivity contribution in [2.24, 2.45) is 5.92 Å². The summed E-state index contributed by atoms with van der Waals surface area (Å²) < 4.78 is 6.98. The number of esters is 1. The Morgan fingerprint density at radius 1 is 1.36 bits per heavy atom. The first kappa shape index (κ1) is 26.0. The first-order valence-corrected chi connectivity index (χ1v) is 13.6. The lowest BCUT2D eigenvalue weighted by Crippen LogP contribution is -2.17. The molecule has 0 spiro atoms. The molecule has 2 aromatic heterocycles. The van der Waals surface area contributed by atoms with Crippen LogP contribution in [0.15, 0.2) is 42.1 Å². The summed E-state index contributed by atoms with van der Waals surface area (Å²) in [7, 11) is 5.35. The molecule has 0 radical (unpaired) electrons. The number of anilines is 2. The van der Waals surface area contributed by atoms with Gasteiger partial charge in [-0.2, -0.15) is 0 Å². The fourth-order valence-electron chi connectivity index (χ4n) is 4.28. The van der Waals surface area contributed by atoms with Gasteiger partial charge in [0.2, 0.25) is 5.91 Å². The number of methoxy groups -OCH3 is 1. The van der Waals surface area contributed by atoms with Crippen LogP contribution in [0.2, 0.25) is 0 Å². The fraction of sp³-hybridized carbons (Fsp3) is 0.385. The molecule has 1 aliphatic rings. The van der Waals surface area contributed by atoms with Crippen LogP contribution in [-0.2, 0) is 28.9 Å². The second-order valence-corrected chi connectivity index (χ2v) is 11.1. The number of hydrogen-bond acceptors (Lipinski definition) is 8. The molecular weight excluding hydrogens is 494 g/mol. The van der Waals surface area contributed by atoms with Crippen LogP contribution < -0.4 is 10.2 Å². The summed E-state index contributed by atoms with van der Waals surface area (Å²) >= 11 is 2.79. The third-order valence-corrected chi connectivity index (χ3v) is 8.27. The predicted molar refractivity (Wildman–Crippen MR) is 146 cm³/mol. The number of benzene rings is 1. The summed E-state index contributed by atoms with van der Waals surface area (Å²) in [5.41, 5.74) is 3.51. The van der Waals surface area contributed by atoms with E-state index in [2.05, 4.69) is 35.1 Å². The standard InChI is InChI=1S/C26H31N5O3S2/c1-6-12-31-23(17-8-7-9-18(14-17)30(3)4)28-29-26(31)35-15-21(32)27-24-22(25(33)34-5)19-11-10-16(2)13-20(19)36-24/h6-9,14,16H,1,10-13,15H2,2-5H3,(H,27,32). The van der Waals surface area contributed by atoms with E-state index in [0.29, 0.717) is 28.2 Å². The van der Waals surface area contributed by atoms with Gasteiger partial charge in [0.25, 0.3) is 0 Å². The normalized spacial score (nSPS) is 14.7. The smallest absolute Gasteiger partial charge is 0.341 e. The predicted octanol–water partition coefficient (Wildman–Crippen LogP) is 4.90. The summed E-state index contributed by atoms with van der Waals surface area (Å²) in [6, 6.07) is 8.06. The molecule has 1 aromatic carbocycles. The van der Waals surface area contributed by atoms with E-state index >= 15 is 0 Å². The number of rotatable bonds is 9. The van der Waals surface area contributed by atoms with E-state index in [1.807, 2.05) is 41.8 Å². The van der Waals surface area contributed by atoms with E-state index in [1.54, 1.807) is 6.08 Å². The van der Waals surface area contributed by atoms with Gasteiger partial charge in [0.1, 0.15) is 5.00 Å². The number of thiophene rings is 1. The average molecular weight is 526 g/mol. The summed E-state index contributed by atoms with van der Waals surface area (Å²) in [6.45, 7) is 6.59. The van der Waals surface area contributed by atoms with Crippen molar-refractivity contribution < 1.29 is 14.3 Å². The molecule has 10 heteroatoms. The Morgan fingerprint density at radius 3 is 2.89 bits per heavy atom. The highest BCUT2D eigenvalue weighted by atomic mass is 32.2. The maximum absolute atomic E-state index is 12.9. The SMILES string of the molecule is C=CCn1c(SCC(=O)Nc2sc3c(c2C(=O)OC)CCC(C)C3)nnc1-c1cccc(N(C)C)c1. The van der Waals surface area contributed by atoms with Gasteiger partial charge in [0.05, 0.1) is 18.4 Å². The van der Waals surface area contributed by atoms with Crippen molar-refractivity contribution in [3.05, 3.63) is 52.9 Å². The van der Waals surface area contributed by atoms with Crippen LogP contribution >= 0.6 is 23.1 Å². The molecule has 0 saturated heterocycles. The van der Waals surface area contributed by atoms with Gasteiger partial charge in [-0.3, -0.25) is 9.36 Å². The highest BCUT2D eigenvalue weighted by Crippen LogP contribution is 2.40. The first-order chi connectivity index (χ1) is 17.3. The van der Waals surface area contributed by atoms with Crippen molar-refractivity contribution in [3.63, 3.8) is 0 Å². The molecule has 3 aromatic rings. The van der Waals surface area contributed by atoms with Crippen LogP contribution in [0.25, 0.3) is 11.4 Å². The van der Waals surface area contributed by atoms with Crippen LogP contribution in [0.5, 0.6) is 0 Å². The second-order valence-electron chi connectivity index (χ2n) is 9.03. The molecule has 1 aliphatic carbocycles. The van der Waals surface area contributed by atoms with Crippen LogP contribution in [0, 0.1) is 5.92 Å². The van der Waals surface area contributed by atoms with Crippen LogP contribution in [0.4, 0.5) is 10.7 Å². The number of carbonyl (C=O) groups excluding carboxylic acids is 2. The quantitative estimate of drug-likeness (QED) is 0.241. The fourth-order valence-corrected chi connectivity index (χ4v) is 6.44. The summed E-state index contributed by atoms with van der Waals surface area (Å²) in [6.07, 6.45) is 4.55. The third kappa shape index (κ3) is 5.49. The lowest BCUT2D eigenvalue weighted by molar-refractivity contribution is -0.113. The number of hydrogen-bond donors (Lipinski definition) is 1. The molecule has 2 heterocycles. The van der Waals surface area contributed by atoms with Crippen molar-refractivity contribution in [2.75, 3.05) is 37.2 Å². The number of fused-ring (bicyclic) bond motifs is 1. The van der Waals surface area contributed by atoms with Crippen molar-refractivity contribution in [2.45, 2.75) is 37.9 Å². The van der Waals surface area contributed by atoms with Gasteiger partial charge in [-0.25, -0.2) is 4.79 Å². The maximum Gasteiger partial charge on any atom is 0.341 e. The zero-order valence-corrected chi connectivity index (χ0v) is 22.7. The van der Waals surface area contributed by atoms with E-state index in [1.165, 1.54) is 30.2 Å². The molecule has 1 amide bonds. The van der Waals surface area contributed by atoms with E-state index in [4.69, 9.17) is 4.74 Å². The highest BCUT2D eigenvalue weighted by Gasteiger charge is 2.29. The molecule has 1 unspecified atom stereocenters. The molecular formula is C26H31N5O3S2. The Hall–Kier alpha value is -3.11. The number of nitrogens with one attached hydrogen (secondary N) is 1. The second kappa shape index (κ2) is 11.3. The Morgan fingerprint density at radius 2 is 2.17 bits per heavy atom. The van der Waals surface area contributed by atoms with E-state index in [-0.39, 0.29) is 11.7 Å². The molecule has 1 N–H and O–H groups in total. The minimum Gasteiger partial charge on any atom is -0.465 e. The monoisotopic (exact) mass is 525 g/mol. The third-order valence-electron chi connectivity index (χ3n) is 6.14. The van der Waals surface area contributed by atoms with Crippen molar-refractivity contribution in [3.8, 4) is 11.4 Å². The highest BCUT2D eigenvalue weighted by molar-refractivity contribution is 7.99. The number of allylic oxidation sites excluding steroid dienone is 1. The van der Waals surface area contributed by atoms with Crippen molar-refractivity contribution >= 4 is 45.7 Å². The average Bonchev–Trinajstić information content (AvgIpc) is 3.42. The van der Waals surface area contributed by atoms with Gasteiger partial charge in [-0.1, -0.05) is 36.9 Å². The summed E-state index contributed by atoms with van der Waals surface area (Å²) in [5.74, 6) is 0.799. The van der Waals surface area contributed by atoms with Gasteiger partial charge in [-0.15, -0.1) is 28.1 Å². The van der Waals surface area contributed by atoms with Crippen molar-refractivity contribution in [1.29, 1.82) is 0 Å². The topological polar surface area (TPSA) is 89.3 Å². The Bertz CT molecular complexity index is 1280. The molecule has 0 bridgehead atoms. The molecule has 0 aliphatic heterocycles. The van der Waals surface area contributed by atoms with Crippen LogP contribution in [0.3, 0.4) is 0 Å². The molecule has 0 saturated carbocycles. The van der Waals surface area contributed by atoms with Gasteiger partial charge in [0.15, 0.2) is 11.0 Å². The molecule has 1 atom stereocenters. The maximum atomic E-state index is 12.9. The number of thioether (sulfide) groups is 1. The number of ether oxygens (including phenoxy) is 1. The summed E-state index contributed by atoms with van der Waals surface area (Å²) in [5, 5.41) is 12.9. The first-order valence-electron chi connectivity index (χ1n) is 11.8. The number of aromatic nitrogens is 3. The Labute approximate surface area is 219 Å². The zero-order valence-electron chi connectivity index (χ0n) is 21.0. The minimum absolute atomic E-state index is 0.132. The zero-order chi connectivity index (χ0) is 25.8. The minimum atomic E-state index is -0.402. The molecule has 8 nitrogen and oxygen atoms in total. The largest absolute Gasteiger partial charge is 0.465 e. The van der Waals surface area contributed by atoms with E-state index < -0.39 is 5.97 Å². The van der Waals surface area contributed by atoms with Crippen LogP contribution in [-0.4, -0.2) is 53.6 Å². The van der Waals surface area contributed by atoms with Crippen LogP contribution in [0.1, 0.15) is 34.1 Å². The number of carbonyl (C=O) groups is 2. The van der Waals surface area contributed by atoms with Gasteiger partial charge in [0, 0.05) is 36.8 Å². The molecule has 4 rings (SSSR count). The van der Waals surface area contributed by atoms with E-state index in [9.17, 15) is 9.59 Å². The number of amides is 1. The van der Waals surface area contributed by atoms with E-state index in [0.717, 1.165) is 46.8 Å². The Balaban J connectivity index is 1.52. The number of nitrogens with zero attached hydrogens (tertiary/aromatic N) is 4. The van der Waals surface area contributed by atoms with Gasteiger partial charge >= 0.3 is 5.97 Å². The van der Waals surface area contributed by atoms with Crippen molar-refractivity contribution in [1.82, 2.24) is 14.8 Å². The van der Waals surface area contributed by atoms with Gasteiger partial charge < -0.3 is 15.0 Å². The molecule has 36 heavy (non-hydrogen) atoms. The molecule has 0 fully saturated rings.